The topological polar surface area (TPSA) is 54.4 Å². The van der Waals surface area contributed by atoms with E-state index in [0.717, 1.165) is 32.3 Å². The maximum absolute atomic E-state index is 12.1. The van der Waals surface area contributed by atoms with Gasteiger partial charge in [0.15, 0.2) is 0 Å². The molecule has 0 aliphatic carbocycles. The molecule has 0 saturated carbocycles. The summed E-state index contributed by atoms with van der Waals surface area (Å²) in [5, 5.41) is 2.69. The number of nitrogens with zero attached hydrogens (tertiary/aromatic N) is 2. The first-order chi connectivity index (χ1) is 13.7. The molecule has 1 aliphatic heterocycles. The largest absolute Gasteiger partial charge is 0.355 e. The lowest BCUT2D eigenvalue weighted by Crippen LogP contribution is -2.18. The lowest BCUT2D eigenvalue weighted by atomic mass is 10.1. The summed E-state index contributed by atoms with van der Waals surface area (Å²) in [6.07, 6.45) is 1.73. The first kappa shape index (κ1) is 18.0. The molecule has 1 aromatic heterocycles. The molecule has 0 bridgehead atoms. The van der Waals surface area contributed by atoms with Crippen LogP contribution in [0.3, 0.4) is 0 Å². The van der Waals surface area contributed by atoms with Crippen LogP contribution >= 0.6 is 11.8 Å². The molecule has 5 heteroatoms. The number of benzene rings is 2. The number of aliphatic imine (C=N–C) groups is 1. The molecule has 0 unspecified atom stereocenters. The van der Waals surface area contributed by atoms with Gasteiger partial charge in [-0.1, -0.05) is 36.0 Å². The molecule has 28 heavy (non-hydrogen) atoms. The van der Waals surface area contributed by atoms with Crippen molar-refractivity contribution in [2.24, 2.45) is 4.99 Å². The molecule has 1 N–H and O–H groups in total. The number of carbonyl (C=O) groups excluding carboxylic acids is 1. The fourth-order valence-corrected chi connectivity index (χ4v) is 3.92. The number of hydrogen-bond acceptors (Lipinski definition) is 4. The molecular weight excluding hydrogens is 366 g/mol. The standard InChI is InChI=1S/C23H17N3OS/c1-24-23(27)20-7-2-3-8-22(20)28-18-10-11-19-16(14-18)15-26-21(19)12-9-17-6-4-5-13-25-17/h2-8,10-11,13-14H,15H2,1H3,(H,24,27). The van der Waals surface area contributed by atoms with Gasteiger partial charge in [-0.3, -0.25) is 9.79 Å². The van der Waals surface area contributed by atoms with Gasteiger partial charge in [0.2, 0.25) is 0 Å². The third-order valence-electron chi connectivity index (χ3n) is 4.30. The van der Waals surface area contributed by atoms with Crippen LogP contribution in [-0.4, -0.2) is 23.7 Å². The number of carbonyl (C=O) groups is 1. The first-order valence-corrected chi connectivity index (χ1v) is 9.66. The van der Waals surface area contributed by atoms with Crippen molar-refractivity contribution in [2.45, 2.75) is 16.3 Å². The average Bonchev–Trinajstić information content (AvgIpc) is 3.15. The van der Waals surface area contributed by atoms with Crippen LogP contribution in [0.25, 0.3) is 0 Å². The average molecular weight is 383 g/mol. The smallest absolute Gasteiger partial charge is 0.252 e. The third-order valence-corrected chi connectivity index (χ3v) is 5.37. The van der Waals surface area contributed by atoms with Gasteiger partial charge >= 0.3 is 0 Å². The Morgan fingerprint density at radius 1 is 1.07 bits per heavy atom. The highest BCUT2D eigenvalue weighted by atomic mass is 32.2. The van der Waals surface area contributed by atoms with Crippen LogP contribution in [0.2, 0.25) is 0 Å². The maximum Gasteiger partial charge on any atom is 0.252 e. The van der Waals surface area contributed by atoms with Crippen molar-refractivity contribution in [1.82, 2.24) is 10.3 Å². The zero-order valence-electron chi connectivity index (χ0n) is 15.3. The Hall–Kier alpha value is -3.36. The number of pyridine rings is 1. The highest BCUT2D eigenvalue weighted by molar-refractivity contribution is 7.99. The minimum atomic E-state index is -0.0836. The van der Waals surface area contributed by atoms with E-state index in [2.05, 4.69) is 39.3 Å². The predicted octanol–water partition coefficient (Wildman–Crippen LogP) is 3.95. The lowest BCUT2D eigenvalue weighted by Gasteiger charge is -2.09. The summed E-state index contributed by atoms with van der Waals surface area (Å²) in [5.41, 5.74) is 4.41. The van der Waals surface area contributed by atoms with Crippen molar-refractivity contribution in [3.63, 3.8) is 0 Å². The van der Waals surface area contributed by atoms with Crippen LogP contribution in [-0.2, 0) is 6.54 Å². The van der Waals surface area contributed by atoms with Crippen LogP contribution < -0.4 is 5.32 Å². The molecule has 0 spiro atoms. The number of rotatable bonds is 3. The molecular formula is C23H17N3OS. The van der Waals surface area contributed by atoms with Gasteiger partial charge in [-0.25, -0.2) is 4.98 Å². The van der Waals surface area contributed by atoms with Crippen molar-refractivity contribution in [3.05, 3.63) is 89.2 Å². The van der Waals surface area contributed by atoms with Crippen molar-refractivity contribution in [1.29, 1.82) is 0 Å². The molecule has 136 valence electrons. The van der Waals surface area contributed by atoms with E-state index in [1.165, 1.54) is 0 Å². The van der Waals surface area contributed by atoms with Gasteiger partial charge < -0.3 is 5.32 Å². The molecule has 4 nitrogen and oxygen atoms in total. The second-order valence-corrected chi connectivity index (χ2v) is 7.24. The van der Waals surface area contributed by atoms with Crippen molar-refractivity contribution in [2.75, 3.05) is 7.05 Å². The van der Waals surface area contributed by atoms with Crippen LogP contribution in [0, 0.1) is 11.8 Å². The summed E-state index contributed by atoms with van der Waals surface area (Å²) in [6, 6.07) is 19.5. The lowest BCUT2D eigenvalue weighted by molar-refractivity contribution is 0.0960. The van der Waals surface area contributed by atoms with E-state index < -0.39 is 0 Å². The molecule has 2 aromatic carbocycles. The fraction of sp³-hybridized carbons (Fsp3) is 0.0870. The van der Waals surface area contributed by atoms with E-state index in [1.807, 2.05) is 48.5 Å². The Kier molecular flexibility index (Phi) is 5.22. The highest BCUT2D eigenvalue weighted by Crippen LogP contribution is 2.33. The highest BCUT2D eigenvalue weighted by Gasteiger charge is 2.16. The summed E-state index contributed by atoms with van der Waals surface area (Å²) >= 11 is 1.58. The van der Waals surface area contributed by atoms with E-state index in [0.29, 0.717) is 12.1 Å². The number of nitrogens with one attached hydrogen (secondary N) is 1. The molecule has 0 radical (unpaired) electrons. The summed E-state index contributed by atoms with van der Waals surface area (Å²) in [4.78, 5) is 22.9. The zero-order valence-corrected chi connectivity index (χ0v) is 16.1. The van der Waals surface area contributed by atoms with E-state index in [9.17, 15) is 4.79 Å². The SMILES string of the molecule is CNC(=O)c1ccccc1Sc1ccc2c(c1)CN=C2C#Cc1ccccn1. The molecule has 0 atom stereocenters. The van der Waals surface area contributed by atoms with E-state index in [-0.39, 0.29) is 5.91 Å². The quantitative estimate of drug-likeness (QED) is 0.697. The predicted molar refractivity (Wildman–Crippen MR) is 112 cm³/mol. The van der Waals surface area contributed by atoms with Crippen LogP contribution in [0.1, 0.15) is 27.2 Å². The molecule has 0 saturated heterocycles. The molecule has 2 heterocycles. The Morgan fingerprint density at radius 3 is 2.75 bits per heavy atom. The van der Waals surface area contributed by atoms with Crippen LogP contribution in [0.15, 0.2) is 81.6 Å². The van der Waals surface area contributed by atoms with Crippen molar-refractivity contribution < 1.29 is 4.79 Å². The molecule has 4 rings (SSSR count). The second-order valence-electron chi connectivity index (χ2n) is 6.13. The van der Waals surface area contributed by atoms with Crippen molar-refractivity contribution >= 4 is 23.4 Å². The van der Waals surface area contributed by atoms with E-state index in [4.69, 9.17) is 0 Å². The third kappa shape index (κ3) is 3.83. The van der Waals surface area contributed by atoms with Gasteiger partial charge in [0.05, 0.1) is 12.1 Å². The molecule has 1 aliphatic rings. The summed E-state index contributed by atoms with van der Waals surface area (Å²) in [5.74, 6) is 6.12. The zero-order chi connectivity index (χ0) is 19.3. The number of amides is 1. The number of hydrogen-bond donors (Lipinski definition) is 1. The Labute approximate surface area is 168 Å². The van der Waals surface area contributed by atoms with Crippen LogP contribution in [0.5, 0.6) is 0 Å². The summed E-state index contributed by atoms with van der Waals surface area (Å²) in [7, 11) is 1.64. The van der Waals surface area contributed by atoms with Gasteiger partial charge in [0.25, 0.3) is 5.91 Å². The number of aromatic nitrogens is 1. The Balaban J connectivity index is 1.56. The van der Waals surface area contributed by atoms with Crippen molar-refractivity contribution in [3.8, 4) is 11.8 Å². The monoisotopic (exact) mass is 383 g/mol. The van der Waals surface area contributed by atoms with Gasteiger partial charge in [-0.15, -0.1) is 0 Å². The number of fused-ring (bicyclic) bond motifs is 1. The van der Waals surface area contributed by atoms with Gasteiger partial charge in [0.1, 0.15) is 11.4 Å². The minimum absolute atomic E-state index is 0.0836. The fourth-order valence-electron chi connectivity index (χ4n) is 2.92. The first-order valence-electron chi connectivity index (χ1n) is 8.84. The maximum atomic E-state index is 12.1. The summed E-state index contributed by atoms with van der Waals surface area (Å²) < 4.78 is 0. The van der Waals surface area contributed by atoms with Crippen LogP contribution in [0.4, 0.5) is 0 Å². The molecule has 1 amide bonds. The minimum Gasteiger partial charge on any atom is -0.355 e. The van der Waals surface area contributed by atoms with Gasteiger partial charge in [-0.05, 0) is 53.8 Å². The van der Waals surface area contributed by atoms with Gasteiger partial charge in [-0.2, -0.15) is 0 Å². The Bertz CT molecular complexity index is 1130. The summed E-state index contributed by atoms with van der Waals surface area (Å²) in [6.45, 7) is 0.618. The molecule has 0 fully saturated rings. The second kappa shape index (κ2) is 8.12. The molecule has 3 aromatic rings. The normalized spacial score (nSPS) is 11.8. The van der Waals surface area contributed by atoms with Gasteiger partial charge in [0, 0.05) is 28.6 Å². The van der Waals surface area contributed by atoms with E-state index in [1.54, 1.807) is 25.0 Å². The Morgan fingerprint density at radius 2 is 1.93 bits per heavy atom. The van der Waals surface area contributed by atoms with E-state index >= 15 is 0 Å².